The number of benzene rings is 1. The highest BCUT2D eigenvalue weighted by Gasteiger charge is 2.57. The Labute approximate surface area is 134 Å². The monoisotopic (exact) mass is 316 g/mol. The summed E-state index contributed by atoms with van der Waals surface area (Å²) in [6.07, 6.45) is 3.16. The summed E-state index contributed by atoms with van der Waals surface area (Å²) in [4.78, 5) is 36.2. The maximum absolute atomic E-state index is 12.4. The van der Waals surface area contributed by atoms with E-state index in [1.807, 2.05) is 0 Å². The van der Waals surface area contributed by atoms with Crippen LogP contribution in [-0.4, -0.2) is 30.4 Å². The molecule has 0 spiro atoms. The summed E-state index contributed by atoms with van der Waals surface area (Å²) >= 11 is 0. The molecule has 2 aliphatic carbocycles. The molecule has 2 fully saturated rings. The quantitative estimate of drug-likeness (QED) is 0.620. The van der Waals surface area contributed by atoms with Crippen molar-refractivity contribution >= 4 is 23.5 Å². The van der Waals surface area contributed by atoms with E-state index in [4.69, 9.17) is 4.74 Å². The fourth-order valence-corrected chi connectivity index (χ4v) is 2.39. The van der Waals surface area contributed by atoms with Gasteiger partial charge in [0.05, 0.1) is 12.2 Å². The summed E-state index contributed by atoms with van der Waals surface area (Å²) in [6, 6.07) is 6.71. The van der Waals surface area contributed by atoms with Crippen LogP contribution in [-0.2, 0) is 14.3 Å². The van der Waals surface area contributed by atoms with Crippen molar-refractivity contribution in [2.24, 2.45) is 5.41 Å². The van der Waals surface area contributed by atoms with Gasteiger partial charge in [-0.25, -0.2) is 4.79 Å². The Morgan fingerprint density at radius 2 is 1.78 bits per heavy atom. The first-order valence-electron chi connectivity index (χ1n) is 7.95. The summed E-state index contributed by atoms with van der Waals surface area (Å²) in [5.74, 6) is -0.840. The van der Waals surface area contributed by atoms with Crippen molar-refractivity contribution in [2.45, 2.75) is 38.6 Å². The van der Waals surface area contributed by atoms with E-state index in [1.54, 1.807) is 31.2 Å². The molecule has 1 aromatic carbocycles. The minimum Gasteiger partial charge on any atom is -0.462 e. The molecule has 6 heteroatoms. The Balaban J connectivity index is 1.61. The first-order valence-corrected chi connectivity index (χ1v) is 7.95. The first-order chi connectivity index (χ1) is 11.0. The molecular weight excluding hydrogens is 296 g/mol. The van der Waals surface area contributed by atoms with Gasteiger partial charge in [0.1, 0.15) is 5.41 Å². The Kier molecular flexibility index (Phi) is 4.07. The van der Waals surface area contributed by atoms with Gasteiger partial charge >= 0.3 is 5.97 Å². The molecule has 0 radical (unpaired) electrons. The molecule has 2 saturated carbocycles. The molecule has 0 aliphatic heterocycles. The van der Waals surface area contributed by atoms with E-state index in [-0.39, 0.29) is 17.9 Å². The fraction of sp³-hybridized carbons (Fsp3) is 0.471. The summed E-state index contributed by atoms with van der Waals surface area (Å²) in [5, 5.41) is 5.67. The molecule has 0 saturated heterocycles. The van der Waals surface area contributed by atoms with Crippen LogP contribution in [0, 0.1) is 5.41 Å². The zero-order valence-electron chi connectivity index (χ0n) is 13.1. The predicted octanol–water partition coefficient (Wildman–Crippen LogP) is 1.86. The molecule has 0 aromatic heterocycles. The lowest BCUT2D eigenvalue weighted by molar-refractivity contribution is -0.134. The van der Waals surface area contributed by atoms with E-state index in [2.05, 4.69) is 10.6 Å². The minimum atomic E-state index is -0.914. The van der Waals surface area contributed by atoms with Crippen LogP contribution in [0.2, 0.25) is 0 Å². The zero-order valence-corrected chi connectivity index (χ0v) is 13.1. The highest BCUT2D eigenvalue weighted by molar-refractivity contribution is 6.13. The number of hydrogen-bond acceptors (Lipinski definition) is 4. The van der Waals surface area contributed by atoms with Crippen LogP contribution in [0.15, 0.2) is 24.3 Å². The third-order valence-electron chi connectivity index (χ3n) is 4.19. The summed E-state index contributed by atoms with van der Waals surface area (Å²) < 4.78 is 4.91. The molecule has 0 atom stereocenters. The van der Waals surface area contributed by atoms with Gasteiger partial charge < -0.3 is 15.4 Å². The molecular formula is C17H20N2O4. The lowest BCUT2D eigenvalue weighted by Gasteiger charge is -2.15. The van der Waals surface area contributed by atoms with Gasteiger partial charge in [-0.05, 0) is 56.9 Å². The minimum absolute atomic E-state index is 0.166. The SMILES string of the molecule is CCOC(=O)c1ccc(NC(=O)C2(C(=O)NC3CC3)CC2)cc1. The van der Waals surface area contributed by atoms with Gasteiger partial charge in [0.15, 0.2) is 0 Å². The number of ether oxygens (including phenoxy) is 1. The van der Waals surface area contributed by atoms with Crippen LogP contribution < -0.4 is 10.6 Å². The van der Waals surface area contributed by atoms with Crippen LogP contribution in [0.4, 0.5) is 5.69 Å². The van der Waals surface area contributed by atoms with Gasteiger partial charge in [-0.2, -0.15) is 0 Å². The van der Waals surface area contributed by atoms with Crippen molar-refractivity contribution in [2.75, 3.05) is 11.9 Å². The van der Waals surface area contributed by atoms with Crippen molar-refractivity contribution in [3.05, 3.63) is 29.8 Å². The Bertz CT molecular complexity index is 630. The largest absolute Gasteiger partial charge is 0.462 e. The van der Waals surface area contributed by atoms with E-state index in [0.717, 1.165) is 12.8 Å². The number of carbonyl (C=O) groups is 3. The second-order valence-corrected chi connectivity index (χ2v) is 6.08. The number of esters is 1. The summed E-state index contributed by atoms with van der Waals surface area (Å²) in [5.41, 5.74) is 0.0774. The Morgan fingerprint density at radius 1 is 1.13 bits per heavy atom. The van der Waals surface area contributed by atoms with E-state index in [9.17, 15) is 14.4 Å². The van der Waals surface area contributed by atoms with Gasteiger partial charge in [-0.3, -0.25) is 9.59 Å². The first kappa shape index (κ1) is 15.5. The standard InChI is InChI=1S/C17H20N2O4/c1-2-23-14(20)11-3-5-12(6-4-11)18-15(21)17(9-10-17)16(22)19-13-7-8-13/h3-6,13H,2,7-10H2,1H3,(H,18,21)(H,19,22). The van der Waals surface area contributed by atoms with Crippen LogP contribution in [0.25, 0.3) is 0 Å². The molecule has 0 heterocycles. The van der Waals surface area contributed by atoms with Crippen molar-refractivity contribution in [3.63, 3.8) is 0 Å². The Hall–Kier alpha value is -2.37. The van der Waals surface area contributed by atoms with Crippen LogP contribution in [0.5, 0.6) is 0 Å². The number of carbonyl (C=O) groups excluding carboxylic acids is 3. The van der Waals surface area contributed by atoms with E-state index >= 15 is 0 Å². The van der Waals surface area contributed by atoms with Crippen molar-refractivity contribution in [3.8, 4) is 0 Å². The predicted molar refractivity (Wildman–Crippen MR) is 83.9 cm³/mol. The van der Waals surface area contributed by atoms with Gasteiger partial charge in [0.2, 0.25) is 11.8 Å². The smallest absolute Gasteiger partial charge is 0.338 e. The van der Waals surface area contributed by atoms with Gasteiger partial charge in [0.25, 0.3) is 0 Å². The molecule has 0 unspecified atom stereocenters. The molecule has 6 nitrogen and oxygen atoms in total. The summed E-state index contributed by atoms with van der Waals surface area (Å²) in [7, 11) is 0. The number of anilines is 1. The van der Waals surface area contributed by atoms with Gasteiger partial charge in [0, 0.05) is 11.7 Å². The van der Waals surface area contributed by atoms with Gasteiger partial charge in [-0.15, -0.1) is 0 Å². The molecule has 2 aliphatic rings. The lowest BCUT2D eigenvalue weighted by atomic mass is 10.0. The van der Waals surface area contributed by atoms with Crippen molar-refractivity contribution in [1.82, 2.24) is 5.32 Å². The van der Waals surface area contributed by atoms with Crippen LogP contribution >= 0.6 is 0 Å². The third kappa shape index (κ3) is 3.36. The average molecular weight is 316 g/mol. The average Bonchev–Trinajstić information content (AvgIpc) is 3.42. The van der Waals surface area contributed by atoms with E-state index in [0.29, 0.717) is 30.7 Å². The molecule has 23 heavy (non-hydrogen) atoms. The van der Waals surface area contributed by atoms with Crippen LogP contribution in [0.3, 0.4) is 0 Å². The third-order valence-corrected chi connectivity index (χ3v) is 4.19. The second-order valence-electron chi connectivity index (χ2n) is 6.08. The molecule has 0 bridgehead atoms. The normalized spacial score (nSPS) is 18.0. The Morgan fingerprint density at radius 3 is 2.30 bits per heavy atom. The maximum atomic E-state index is 12.4. The number of nitrogens with one attached hydrogen (secondary N) is 2. The summed E-state index contributed by atoms with van der Waals surface area (Å²) in [6.45, 7) is 2.06. The molecule has 1 aromatic rings. The van der Waals surface area contributed by atoms with Crippen molar-refractivity contribution in [1.29, 1.82) is 0 Å². The topological polar surface area (TPSA) is 84.5 Å². The fourth-order valence-electron chi connectivity index (χ4n) is 2.39. The van der Waals surface area contributed by atoms with E-state index < -0.39 is 11.4 Å². The second kappa shape index (κ2) is 6.02. The van der Waals surface area contributed by atoms with Gasteiger partial charge in [-0.1, -0.05) is 0 Å². The number of amides is 2. The maximum Gasteiger partial charge on any atom is 0.338 e. The zero-order chi connectivity index (χ0) is 16.4. The lowest BCUT2D eigenvalue weighted by Crippen LogP contribution is -2.40. The molecule has 3 rings (SSSR count). The highest BCUT2D eigenvalue weighted by atomic mass is 16.5. The van der Waals surface area contributed by atoms with Crippen molar-refractivity contribution < 1.29 is 19.1 Å². The van der Waals surface area contributed by atoms with E-state index in [1.165, 1.54) is 0 Å². The highest BCUT2D eigenvalue weighted by Crippen LogP contribution is 2.47. The molecule has 122 valence electrons. The number of rotatable bonds is 6. The number of hydrogen-bond donors (Lipinski definition) is 2. The molecule has 2 amide bonds. The molecule has 2 N–H and O–H groups in total. The van der Waals surface area contributed by atoms with Crippen LogP contribution in [0.1, 0.15) is 43.0 Å².